The smallest absolute Gasteiger partial charge is 0.326 e. The summed E-state index contributed by atoms with van der Waals surface area (Å²) in [6.07, 6.45) is -1.37. The van der Waals surface area contributed by atoms with Crippen LogP contribution in [0.25, 0.3) is 0 Å². The van der Waals surface area contributed by atoms with Crippen LogP contribution >= 0.6 is 0 Å². The van der Waals surface area contributed by atoms with E-state index >= 15 is 0 Å². The summed E-state index contributed by atoms with van der Waals surface area (Å²) in [6, 6.07) is 5.70. The molecule has 2 unspecified atom stereocenters. The van der Waals surface area contributed by atoms with Crippen molar-refractivity contribution < 1.29 is 24.2 Å². The number of nitrogens with one attached hydrogen (secondary N) is 1. The van der Waals surface area contributed by atoms with Gasteiger partial charge in [0, 0.05) is 0 Å². The Morgan fingerprint density at radius 2 is 1.86 bits per heavy atom. The number of carbonyl (C=O) groups excluding carboxylic acids is 2. The molecule has 7 heteroatoms. The fourth-order valence-electron chi connectivity index (χ4n) is 1.56. The van der Waals surface area contributed by atoms with E-state index in [2.05, 4.69) is 5.32 Å². The molecule has 2 atom stereocenters. The zero-order valence-corrected chi connectivity index (χ0v) is 11.8. The molecule has 0 heterocycles. The maximum Gasteiger partial charge on any atom is 0.326 e. The first-order valence-electron chi connectivity index (χ1n) is 6.34. The van der Waals surface area contributed by atoms with Crippen molar-refractivity contribution >= 4 is 17.8 Å². The topological polar surface area (TPSA) is 119 Å². The summed E-state index contributed by atoms with van der Waals surface area (Å²) in [5.74, 6) is -2.28. The van der Waals surface area contributed by atoms with Gasteiger partial charge >= 0.3 is 5.97 Å². The molecule has 1 aromatic carbocycles. The van der Waals surface area contributed by atoms with Gasteiger partial charge in [0.1, 0.15) is 11.8 Å². The Morgan fingerprint density at radius 1 is 1.29 bits per heavy atom. The van der Waals surface area contributed by atoms with Crippen LogP contribution < -0.4 is 15.8 Å². The zero-order chi connectivity index (χ0) is 16.0. The lowest BCUT2D eigenvalue weighted by atomic mass is 10.2. The highest BCUT2D eigenvalue weighted by Gasteiger charge is 2.25. The first-order valence-corrected chi connectivity index (χ1v) is 6.34. The van der Waals surface area contributed by atoms with Crippen molar-refractivity contribution in [1.82, 2.24) is 5.32 Å². The van der Waals surface area contributed by atoms with E-state index in [9.17, 15) is 14.4 Å². The predicted molar refractivity (Wildman–Crippen MR) is 74.6 cm³/mol. The van der Waals surface area contributed by atoms with E-state index in [-0.39, 0.29) is 0 Å². The molecule has 21 heavy (non-hydrogen) atoms. The number of rotatable bonds is 7. The van der Waals surface area contributed by atoms with E-state index in [1.54, 1.807) is 12.1 Å². The van der Waals surface area contributed by atoms with Gasteiger partial charge in [-0.05, 0) is 26.0 Å². The van der Waals surface area contributed by atoms with Gasteiger partial charge in [-0.1, -0.05) is 17.7 Å². The molecule has 1 aromatic rings. The largest absolute Gasteiger partial charge is 0.481 e. The van der Waals surface area contributed by atoms with Gasteiger partial charge in [0.15, 0.2) is 6.10 Å². The number of primary amides is 1. The number of ether oxygens (including phenoxy) is 1. The second-order valence-corrected chi connectivity index (χ2v) is 4.64. The molecule has 0 spiro atoms. The van der Waals surface area contributed by atoms with Crippen molar-refractivity contribution in [2.75, 3.05) is 0 Å². The maximum atomic E-state index is 11.9. The second kappa shape index (κ2) is 7.28. The fraction of sp³-hybridized carbons (Fsp3) is 0.357. The molecule has 4 N–H and O–H groups in total. The zero-order valence-electron chi connectivity index (χ0n) is 11.8. The summed E-state index contributed by atoms with van der Waals surface area (Å²) >= 11 is 0. The number of carboxylic acids is 1. The van der Waals surface area contributed by atoms with Crippen molar-refractivity contribution in [2.24, 2.45) is 5.73 Å². The van der Waals surface area contributed by atoms with Crippen LogP contribution in [-0.2, 0) is 14.4 Å². The third-order valence-electron chi connectivity index (χ3n) is 2.72. The molecule has 0 bridgehead atoms. The van der Waals surface area contributed by atoms with Gasteiger partial charge in [0.25, 0.3) is 5.91 Å². The molecule has 1 rings (SSSR count). The molecule has 0 saturated heterocycles. The third-order valence-corrected chi connectivity index (χ3v) is 2.72. The predicted octanol–water partition coefficient (Wildman–Crippen LogP) is 0.207. The summed E-state index contributed by atoms with van der Waals surface area (Å²) in [6.45, 7) is 3.40. The first-order chi connectivity index (χ1) is 9.79. The summed E-state index contributed by atoms with van der Waals surface area (Å²) in [5, 5.41) is 11.1. The average Bonchev–Trinajstić information content (AvgIpc) is 2.39. The lowest BCUT2D eigenvalue weighted by molar-refractivity contribution is -0.144. The number of benzene rings is 1. The number of hydrogen-bond donors (Lipinski definition) is 3. The number of nitrogens with two attached hydrogens (primary N) is 1. The Kier molecular flexibility index (Phi) is 5.71. The SMILES string of the molecule is Cc1ccc(OC(C)C(=O)NC(CC(N)=O)C(=O)O)cc1. The molecule has 0 saturated carbocycles. The normalized spacial score (nSPS) is 13.0. The second-order valence-electron chi connectivity index (χ2n) is 4.64. The van der Waals surface area contributed by atoms with Crippen LogP contribution in [0, 0.1) is 6.92 Å². The van der Waals surface area contributed by atoms with Gasteiger partial charge in [-0.3, -0.25) is 9.59 Å². The summed E-state index contributed by atoms with van der Waals surface area (Å²) in [4.78, 5) is 33.5. The van der Waals surface area contributed by atoms with Crippen molar-refractivity contribution in [2.45, 2.75) is 32.4 Å². The van der Waals surface area contributed by atoms with Crippen molar-refractivity contribution in [3.05, 3.63) is 29.8 Å². The third kappa shape index (κ3) is 5.52. The Bertz CT molecular complexity index is 527. The molecular weight excluding hydrogens is 276 g/mol. The van der Waals surface area contributed by atoms with Gasteiger partial charge in [-0.25, -0.2) is 4.79 Å². The number of aliphatic carboxylic acids is 1. The van der Waals surface area contributed by atoms with Crippen LogP contribution in [0.15, 0.2) is 24.3 Å². The highest BCUT2D eigenvalue weighted by molar-refractivity contribution is 5.89. The van der Waals surface area contributed by atoms with Crippen LogP contribution in [0.4, 0.5) is 0 Å². The quantitative estimate of drug-likeness (QED) is 0.664. The average molecular weight is 294 g/mol. The van der Waals surface area contributed by atoms with Crippen molar-refractivity contribution in [3.8, 4) is 5.75 Å². The van der Waals surface area contributed by atoms with Gasteiger partial charge in [-0.2, -0.15) is 0 Å². The minimum atomic E-state index is -1.36. The number of carboxylic acid groups (broad SMARTS) is 1. The molecule has 7 nitrogen and oxygen atoms in total. The highest BCUT2D eigenvalue weighted by Crippen LogP contribution is 2.13. The fourth-order valence-corrected chi connectivity index (χ4v) is 1.56. The van der Waals surface area contributed by atoms with E-state index in [0.717, 1.165) is 5.56 Å². The Labute approximate surface area is 122 Å². The Balaban J connectivity index is 2.62. The summed E-state index contributed by atoms with van der Waals surface area (Å²) in [5.41, 5.74) is 5.98. The monoisotopic (exact) mass is 294 g/mol. The minimum Gasteiger partial charge on any atom is -0.481 e. The molecule has 0 fully saturated rings. The maximum absolute atomic E-state index is 11.9. The number of aryl methyl sites for hydroxylation is 1. The lowest BCUT2D eigenvalue weighted by Gasteiger charge is -2.18. The molecule has 114 valence electrons. The minimum absolute atomic E-state index is 0.474. The van der Waals surface area contributed by atoms with Gasteiger partial charge in [-0.15, -0.1) is 0 Å². The molecule has 0 aliphatic carbocycles. The van der Waals surface area contributed by atoms with Crippen molar-refractivity contribution in [3.63, 3.8) is 0 Å². The highest BCUT2D eigenvalue weighted by atomic mass is 16.5. The number of hydrogen-bond acceptors (Lipinski definition) is 4. The van der Waals surface area contributed by atoms with Crippen molar-refractivity contribution in [1.29, 1.82) is 0 Å². The summed E-state index contributed by atoms with van der Waals surface area (Å²) < 4.78 is 5.40. The molecule has 0 aliphatic rings. The lowest BCUT2D eigenvalue weighted by Crippen LogP contribution is -2.47. The molecular formula is C14H18N2O5. The van der Waals surface area contributed by atoms with E-state index in [1.807, 2.05) is 19.1 Å². The summed E-state index contributed by atoms with van der Waals surface area (Å²) in [7, 11) is 0. The molecule has 2 amide bonds. The van der Waals surface area contributed by atoms with Gasteiger partial charge < -0.3 is 20.9 Å². The van der Waals surface area contributed by atoms with Gasteiger partial charge in [0.2, 0.25) is 5.91 Å². The van der Waals surface area contributed by atoms with Crippen LogP contribution in [-0.4, -0.2) is 35.0 Å². The number of amides is 2. The molecule has 0 aliphatic heterocycles. The van der Waals surface area contributed by atoms with Crippen LogP contribution in [0.5, 0.6) is 5.75 Å². The first kappa shape index (κ1) is 16.5. The van der Waals surface area contributed by atoms with E-state index < -0.39 is 36.4 Å². The standard InChI is InChI=1S/C14H18N2O5/c1-8-3-5-10(6-4-8)21-9(2)13(18)16-11(14(19)20)7-12(15)17/h3-6,9,11H,7H2,1-2H3,(H2,15,17)(H,16,18)(H,19,20). The molecule has 0 aromatic heterocycles. The van der Waals surface area contributed by atoms with Gasteiger partial charge in [0.05, 0.1) is 6.42 Å². The Morgan fingerprint density at radius 3 is 2.33 bits per heavy atom. The van der Waals surface area contributed by atoms with Crippen LogP contribution in [0.2, 0.25) is 0 Å². The number of carbonyl (C=O) groups is 3. The van der Waals surface area contributed by atoms with Crippen LogP contribution in [0.1, 0.15) is 18.9 Å². The van der Waals surface area contributed by atoms with E-state index in [4.69, 9.17) is 15.6 Å². The van der Waals surface area contributed by atoms with Crippen LogP contribution in [0.3, 0.4) is 0 Å². The Hall–Kier alpha value is -2.57. The van der Waals surface area contributed by atoms with E-state index in [0.29, 0.717) is 5.75 Å². The van der Waals surface area contributed by atoms with E-state index in [1.165, 1.54) is 6.92 Å². The molecule has 0 radical (unpaired) electrons.